The Labute approximate surface area is 288 Å². The minimum atomic E-state index is -2.81. The molecule has 0 amide bonds. The Balaban J connectivity index is 1.30. The molecule has 3 aliphatic rings. The average Bonchev–Trinajstić information content (AvgIpc) is 3.51. The first kappa shape index (κ1) is 29.7. The molecule has 1 heterocycles. The number of methoxy groups -OCH3 is 1. The molecule has 1 fully saturated rings. The summed E-state index contributed by atoms with van der Waals surface area (Å²) in [6.45, 7) is 7.00. The van der Waals surface area contributed by atoms with Crippen molar-refractivity contribution < 1.29 is 16.6 Å². The molecule has 1 aliphatic heterocycles. The summed E-state index contributed by atoms with van der Waals surface area (Å²) >= 11 is 0. The van der Waals surface area contributed by atoms with Crippen molar-refractivity contribution in [3.05, 3.63) is 114 Å². The van der Waals surface area contributed by atoms with Crippen LogP contribution in [0.15, 0.2) is 102 Å². The maximum Gasteiger partial charge on any atom is 0.283 e. The minimum absolute atomic E-state index is 0.0426. The molecule has 7 rings (SSSR count). The van der Waals surface area contributed by atoms with E-state index in [0.29, 0.717) is 30.6 Å². The highest BCUT2D eigenvalue weighted by Crippen LogP contribution is 2.62. The van der Waals surface area contributed by atoms with Gasteiger partial charge in [0.05, 0.1) is 21.5 Å². The summed E-state index contributed by atoms with van der Waals surface area (Å²) in [6.07, 6.45) is 2.75. The van der Waals surface area contributed by atoms with Gasteiger partial charge in [0.25, 0.3) is 14.3 Å². The lowest BCUT2D eigenvalue weighted by Crippen LogP contribution is -2.68. The molecule has 6 nitrogen and oxygen atoms in total. The van der Waals surface area contributed by atoms with Gasteiger partial charge in [-0.15, -0.1) is 0 Å². The molecule has 48 heavy (non-hydrogen) atoms. The maximum atomic E-state index is 9.69. The average molecular weight is 658 g/mol. The van der Waals surface area contributed by atoms with Gasteiger partial charge < -0.3 is 19.6 Å². The topological polar surface area (TPSA) is 89.9 Å². The van der Waals surface area contributed by atoms with E-state index in [1.807, 2.05) is 24.3 Å². The van der Waals surface area contributed by atoms with E-state index in [1.165, 1.54) is 10.4 Å². The van der Waals surface area contributed by atoms with Crippen molar-refractivity contribution in [2.45, 2.75) is 70.1 Å². The van der Waals surface area contributed by atoms with Gasteiger partial charge in [-0.3, -0.25) is 0 Å². The Morgan fingerprint density at radius 2 is 1.67 bits per heavy atom. The number of amidine groups is 1. The van der Waals surface area contributed by atoms with E-state index in [1.54, 1.807) is 13.2 Å². The number of ether oxygens (including phenoxy) is 2. The predicted octanol–water partition coefficient (Wildman–Crippen LogP) is 7.08. The third kappa shape index (κ3) is 5.05. The summed E-state index contributed by atoms with van der Waals surface area (Å²) < 4.78 is 37.7. The summed E-state index contributed by atoms with van der Waals surface area (Å²) in [5.74, 6) is 0.681. The zero-order valence-electron chi connectivity index (χ0n) is 30.4. The van der Waals surface area contributed by atoms with Gasteiger partial charge in [-0.25, -0.2) is 4.99 Å². The number of rotatable bonds is 6. The van der Waals surface area contributed by atoms with E-state index in [2.05, 4.69) is 100 Å². The Morgan fingerprint density at radius 3 is 2.23 bits per heavy atom. The Hall–Kier alpha value is -4.38. The highest BCUT2D eigenvalue weighted by molar-refractivity contribution is 6.99. The monoisotopic (exact) mass is 657 g/mol. The van der Waals surface area contributed by atoms with Crippen LogP contribution in [-0.4, -0.2) is 34.1 Å². The number of fused-ring (bicyclic) bond motifs is 3. The minimum Gasteiger partial charge on any atom is -0.497 e. The van der Waals surface area contributed by atoms with Crippen LogP contribution in [-0.2, 0) is 21.1 Å². The summed E-state index contributed by atoms with van der Waals surface area (Å²) in [6, 6.07) is 35.2. The molecule has 2 spiro atoms. The lowest BCUT2D eigenvalue weighted by molar-refractivity contribution is -0.0187. The fourth-order valence-corrected chi connectivity index (χ4v) is 13.6. The molecule has 0 aromatic heterocycles. The number of hydrogen-bond acceptors (Lipinski definition) is 6. The number of hydrogen-bond donors (Lipinski definition) is 1. The van der Waals surface area contributed by atoms with Crippen molar-refractivity contribution in [1.82, 2.24) is 0 Å². The quantitative estimate of drug-likeness (QED) is 0.224. The molecule has 1 saturated carbocycles. The third-order valence-electron chi connectivity index (χ3n) is 11.0. The molecule has 0 radical (unpaired) electrons. The maximum absolute atomic E-state index is 9.69. The molecular formula is C41H45N3O3Si. The smallest absolute Gasteiger partial charge is 0.283 e. The molecule has 4 atom stereocenters. The van der Waals surface area contributed by atoms with Crippen molar-refractivity contribution in [3.63, 3.8) is 0 Å². The van der Waals surface area contributed by atoms with Crippen LogP contribution in [0, 0.1) is 22.7 Å². The van der Waals surface area contributed by atoms with E-state index in [4.69, 9.17) is 24.6 Å². The normalized spacial score (nSPS) is 26.6. The largest absolute Gasteiger partial charge is 0.497 e. The van der Waals surface area contributed by atoms with Crippen LogP contribution < -0.4 is 20.8 Å². The number of nitrogens with two attached hydrogens (primary N) is 1. The number of benzene rings is 4. The first-order valence-electron chi connectivity index (χ1n) is 17.9. The van der Waals surface area contributed by atoms with Crippen LogP contribution in [0.25, 0.3) is 11.1 Å². The Bertz CT molecular complexity index is 1950. The molecule has 2 aliphatic carbocycles. The van der Waals surface area contributed by atoms with E-state index in [9.17, 15) is 8.00 Å². The SMILES string of the molecule is [2H]C1([2H])OC(N)=NC12c1cc(-c3cc(C#N)cc(OC)c3)ccc1C[C@@]21CC[C@H](O[Si](c2ccccc2)(c2ccccc2)C(C)(C)C)[C@@H](C)C1. The molecule has 4 aromatic rings. The third-order valence-corrected chi connectivity index (χ3v) is 16.0. The van der Waals surface area contributed by atoms with Crippen LogP contribution in [0.3, 0.4) is 0 Å². The van der Waals surface area contributed by atoms with E-state index in [0.717, 1.165) is 28.7 Å². The summed E-state index contributed by atoms with van der Waals surface area (Å²) in [7, 11) is -1.23. The molecule has 2 N–H and O–H groups in total. The van der Waals surface area contributed by atoms with Crippen molar-refractivity contribution >= 4 is 24.7 Å². The van der Waals surface area contributed by atoms with E-state index < -0.39 is 25.8 Å². The van der Waals surface area contributed by atoms with Gasteiger partial charge in [0.15, 0.2) is 0 Å². The lowest BCUT2D eigenvalue weighted by atomic mass is 9.59. The van der Waals surface area contributed by atoms with Gasteiger partial charge in [0, 0.05) is 11.5 Å². The van der Waals surface area contributed by atoms with Gasteiger partial charge >= 0.3 is 0 Å². The Kier molecular flexibility index (Phi) is 7.40. The zero-order chi connectivity index (χ0) is 35.5. The predicted molar refractivity (Wildman–Crippen MR) is 194 cm³/mol. The standard InChI is InChI=1S/C41H45N3O3Si/c1-28-24-40(19-18-37(28)47-48(39(2,3)4,34-12-8-6-9-13-34)35-14-10-7-11-15-35)25-31-17-16-30(23-36(31)41(40)27-46-38(43)44-41)32-20-29(26-42)21-33(22-32)45-5/h6-17,20-23,28,37H,18-19,24-25,27H2,1-5H3,(H2,43,44)/t28-,37-,40-,41?/m0/s1/i27D2. The van der Waals surface area contributed by atoms with Crippen molar-refractivity contribution in [2.75, 3.05) is 13.7 Å². The summed E-state index contributed by atoms with van der Waals surface area (Å²) in [4.78, 5) is 4.95. The second-order valence-corrected chi connectivity index (χ2v) is 19.0. The van der Waals surface area contributed by atoms with Gasteiger partial charge in [-0.2, -0.15) is 5.26 Å². The molecule has 1 unspecified atom stereocenters. The lowest BCUT2D eigenvalue weighted by Gasteiger charge is -2.52. The van der Waals surface area contributed by atoms with Crippen LogP contribution in [0.4, 0.5) is 0 Å². The Morgan fingerprint density at radius 1 is 0.979 bits per heavy atom. The fourth-order valence-electron chi connectivity index (χ4n) is 8.79. The zero-order valence-corrected chi connectivity index (χ0v) is 29.4. The first-order valence-corrected chi connectivity index (χ1v) is 18.8. The molecule has 0 saturated heterocycles. The summed E-state index contributed by atoms with van der Waals surface area (Å²) in [5, 5.41) is 12.0. The van der Waals surface area contributed by atoms with Crippen molar-refractivity contribution in [1.29, 1.82) is 5.26 Å². The first-order chi connectivity index (χ1) is 23.8. The van der Waals surface area contributed by atoms with Gasteiger partial charge in [-0.05, 0) is 93.5 Å². The van der Waals surface area contributed by atoms with Crippen LogP contribution in [0.2, 0.25) is 5.04 Å². The summed E-state index contributed by atoms with van der Waals surface area (Å²) in [5.41, 5.74) is 8.33. The second kappa shape index (κ2) is 11.9. The fraction of sp³-hybridized carbons (Fsp3) is 0.366. The van der Waals surface area contributed by atoms with Crippen LogP contribution in [0.1, 0.15) is 66.4 Å². The van der Waals surface area contributed by atoms with Gasteiger partial charge in [0.2, 0.25) is 0 Å². The number of nitriles is 1. The second-order valence-electron chi connectivity index (χ2n) is 14.8. The molecule has 7 heteroatoms. The van der Waals surface area contributed by atoms with Crippen molar-refractivity contribution in [2.24, 2.45) is 22.1 Å². The van der Waals surface area contributed by atoms with E-state index >= 15 is 0 Å². The van der Waals surface area contributed by atoms with Crippen LogP contribution in [0.5, 0.6) is 5.75 Å². The number of aliphatic imine (C=N–C) groups is 1. The van der Waals surface area contributed by atoms with Gasteiger partial charge in [0.1, 0.15) is 17.8 Å². The molecule has 246 valence electrons. The highest BCUT2D eigenvalue weighted by Gasteiger charge is 2.63. The molecule has 4 aromatic carbocycles. The van der Waals surface area contributed by atoms with E-state index in [-0.39, 0.29) is 23.1 Å². The molecule has 0 bridgehead atoms. The van der Waals surface area contributed by atoms with Crippen LogP contribution >= 0.6 is 0 Å². The van der Waals surface area contributed by atoms with Crippen molar-refractivity contribution in [3.8, 4) is 22.9 Å². The molecular weight excluding hydrogens is 611 g/mol. The number of nitrogens with zero attached hydrogens (tertiary/aromatic N) is 2. The highest BCUT2D eigenvalue weighted by atomic mass is 28.4. The van der Waals surface area contributed by atoms with Gasteiger partial charge in [-0.1, -0.05) is 100 Å².